The lowest BCUT2D eigenvalue weighted by Crippen LogP contribution is -2.15. The van der Waals surface area contributed by atoms with Gasteiger partial charge in [0.25, 0.3) is 0 Å². The first-order valence-corrected chi connectivity index (χ1v) is 5.75. The molecule has 0 radical (unpaired) electrons. The van der Waals surface area contributed by atoms with Crippen molar-refractivity contribution < 1.29 is 9.47 Å². The normalized spacial score (nSPS) is 10.2. The predicted molar refractivity (Wildman–Crippen MR) is 66.5 cm³/mol. The molecule has 94 valence electrons. The molecule has 0 fully saturated rings. The zero-order valence-electron chi connectivity index (χ0n) is 10.1. The van der Waals surface area contributed by atoms with Crippen LogP contribution in [0.25, 0.3) is 0 Å². The molecule has 0 unspecified atom stereocenters. The topological polar surface area (TPSA) is 81.2 Å². The van der Waals surface area contributed by atoms with Crippen LogP contribution < -0.4 is 10.5 Å². The van der Waals surface area contributed by atoms with Crippen LogP contribution in [0.5, 0.6) is 5.88 Å². The van der Waals surface area contributed by atoms with Crippen LogP contribution in [0.2, 0.25) is 0 Å². The molecule has 5 heteroatoms. The van der Waals surface area contributed by atoms with Gasteiger partial charge in [-0.15, -0.1) is 0 Å². The van der Waals surface area contributed by atoms with E-state index in [4.69, 9.17) is 20.6 Å². The number of ether oxygens (including phenoxy) is 2. The van der Waals surface area contributed by atoms with Gasteiger partial charge in [-0.05, 0) is 18.6 Å². The number of unbranched alkanes of at least 4 members (excludes halogenated alkanes) is 1. The lowest BCUT2D eigenvalue weighted by Gasteiger charge is -2.09. The third kappa shape index (κ3) is 4.82. The number of hydrogen-bond donors (Lipinski definition) is 2. The molecule has 0 aliphatic rings. The Morgan fingerprint density at radius 1 is 1.41 bits per heavy atom. The molecule has 0 atom stereocenters. The van der Waals surface area contributed by atoms with E-state index in [9.17, 15) is 0 Å². The highest BCUT2D eigenvalue weighted by Crippen LogP contribution is 2.12. The van der Waals surface area contributed by atoms with Gasteiger partial charge in [-0.3, -0.25) is 5.41 Å². The van der Waals surface area contributed by atoms with E-state index in [0.717, 1.165) is 19.4 Å². The van der Waals surface area contributed by atoms with Gasteiger partial charge in [-0.1, -0.05) is 13.3 Å². The number of nitrogen functional groups attached to an aromatic ring is 1. The van der Waals surface area contributed by atoms with Crippen molar-refractivity contribution >= 4 is 5.84 Å². The lowest BCUT2D eigenvalue weighted by molar-refractivity contribution is 0.0964. The van der Waals surface area contributed by atoms with E-state index in [-0.39, 0.29) is 5.84 Å². The second-order valence-electron chi connectivity index (χ2n) is 3.58. The molecule has 0 spiro atoms. The summed E-state index contributed by atoms with van der Waals surface area (Å²) in [7, 11) is 0. The summed E-state index contributed by atoms with van der Waals surface area (Å²) in [6, 6.07) is 3.43. The highest BCUT2D eigenvalue weighted by Gasteiger charge is 2.06. The van der Waals surface area contributed by atoms with Gasteiger partial charge in [0.2, 0.25) is 5.88 Å². The Hall–Kier alpha value is -1.62. The van der Waals surface area contributed by atoms with E-state index in [0.29, 0.717) is 24.7 Å². The Morgan fingerprint density at radius 2 is 2.24 bits per heavy atom. The molecular formula is C12H19N3O2. The van der Waals surface area contributed by atoms with Gasteiger partial charge in [0.15, 0.2) is 0 Å². The van der Waals surface area contributed by atoms with Gasteiger partial charge in [0, 0.05) is 12.8 Å². The Labute approximate surface area is 101 Å². The third-order valence-electron chi connectivity index (χ3n) is 2.17. The minimum Gasteiger partial charge on any atom is -0.475 e. The number of nitrogens with two attached hydrogens (primary N) is 1. The number of amidine groups is 1. The maximum absolute atomic E-state index is 7.37. The standard InChI is InChI=1S/C12H19N3O2/c1-2-3-7-16-8-9-17-12-10(11(13)14)5-4-6-15-12/h4-6H,2-3,7-9H2,1H3,(H3,13,14). The van der Waals surface area contributed by atoms with E-state index in [1.807, 2.05) is 0 Å². The molecule has 1 aromatic rings. The zero-order valence-corrected chi connectivity index (χ0v) is 10.1. The fraction of sp³-hybridized carbons (Fsp3) is 0.500. The first-order valence-electron chi connectivity index (χ1n) is 5.75. The SMILES string of the molecule is CCCCOCCOc1ncccc1C(=N)N. The first-order chi connectivity index (χ1) is 8.25. The first kappa shape index (κ1) is 13.4. The highest BCUT2D eigenvalue weighted by atomic mass is 16.5. The van der Waals surface area contributed by atoms with E-state index >= 15 is 0 Å². The molecule has 0 aromatic carbocycles. The second-order valence-corrected chi connectivity index (χ2v) is 3.58. The van der Waals surface area contributed by atoms with E-state index in [1.165, 1.54) is 0 Å². The third-order valence-corrected chi connectivity index (χ3v) is 2.17. The number of nitrogens with zero attached hydrogens (tertiary/aromatic N) is 1. The molecule has 3 N–H and O–H groups in total. The number of hydrogen-bond acceptors (Lipinski definition) is 4. The lowest BCUT2D eigenvalue weighted by atomic mass is 10.2. The van der Waals surface area contributed by atoms with Gasteiger partial charge < -0.3 is 15.2 Å². The Morgan fingerprint density at radius 3 is 2.94 bits per heavy atom. The number of pyridine rings is 1. The monoisotopic (exact) mass is 237 g/mol. The molecule has 5 nitrogen and oxygen atoms in total. The molecule has 0 aliphatic carbocycles. The van der Waals surface area contributed by atoms with Crippen LogP contribution in [-0.2, 0) is 4.74 Å². The number of rotatable bonds is 8. The summed E-state index contributed by atoms with van der Waals surface area (Å²) in [6.07, 6.45) is 3.79. The van der Waals surface area contributed by atoms with Crippen LogP contribution >= 0.6 is 0 Å². The van der Waals surface area contributed by atoms with Crippen LogP contribution in [0, 0.1) is 5.41 Å². The summed E-state index contributed by atoms with van der Waals surface area (Å²) in [6.45, 7) is 3.81. The van der Waals surface area contributed by atoms with Crippen LogP contribution in [0.1, 0.15) is 25.3 Å². The maximum Gasteiger partial charge on any atom is 0.224 e. The van der Waals surface area contributed by atoms with E-state index in [2.05, 4.69) is 11.9 Å². The summed E-state index contributed by atoms with van der Waals surface area (Å²) in [5.74, 6) is 0.346. The Balaban J connectivity index is 2.34. The minimum absolute atomic E-state index is 0.0417. The van der Waals surface area contributed by atoms with Crippen molar-refractivity contribution in [1.29, 1.82) is 5.41 Å². The van der Waals surface area contributed by atoms with Crippen molar-refractivity contribution in [3.63, 3.8) is 0 Å². The smallest absolute Gasteiger partial charge is 0.224 e. The summed E-state index contributed by atoms with van der Waals surface area (Å²) in [5, 5.41) is 7.37. The van der Waals surface area contributed by atoms with Crippen molar-refractivity contribution in [2.75, 3.05) is 19.8 Å². The molecule has 1 rings (SSSR count). The van der Waals surface area contributed by atoms with Crippen LogP contribution in [-0.4, -0.2) is 30.6 Å². The van der Waals surface area contributed by atoms with Crippen molar-refractivity contribution in [3.05, 3.63) is 23.9 Å². The fourth-order valence-electron chi connectivity index (χ4n) is 1.26. The van der Waals surface area contributed by atoms with Crippen LogP contribution in [0.4, 0.5) is 0 Å². The summed E-state index contributed by atoms with van der Waals surface area (Å²) in [4.78, 5) is 4.04. The molecule has 17 heavy (non-hydrogen) atoms. The predicted octanol–water partition coefficient (Wildman–Crippen LogP) is 1.56. The van der Waals surface area contributed by atoms with Gasteiger partial charge in [0.1, 0.15) is 12.4 Å². The summed E-state index contributed by atoms with van der Waals surface area (Å²) >= 11 is 0. The van der Waals surface area contributed by atoms with Crippen molar-refractivity contribution in [3.8, 4) is 5.88 Å². The van der Waals surface area contributed by atoms with Crippen molar-refractivity contribution in [1.82, 2.24) is 4.98 Å². The van der Waals surface area contributed by atoms with Crippen LogP contribution in [0.3, 0.4) is 0 Å². The molecule has 0 amide bonds. The van der Waals surface area contributed by atoms with Crippen LogP contribution in [0.15, 0.2) is 18.3 Å². The summed E-state index contributed by atoms with van der Waals surface area (Å²) < 4.78 is 10.8. The zero-order chi connectivity index (χ0) is 12.5. The molecule has 0 aliphatic heterocycles. The van der Waals surface area contributed by atoms with Gasteiger partial charge in [-0.25, -0.2) is 4.98 Å². The van der Waals surface area contributed by atoms with E-state index < -0.39 is 0 Å². The number of aromatic nitrogens is 1. The average molecular weight is 237 g/mol. The van der Waals surface area contributed by atoms with Crippen molar-refractivity contribution in [2.24, 2.45) is 5.73 Å². The quantitative estimate of drug-likeness (QED) is 0.408. The highest BCUT2D eigenvalue weighted by molar-refractivity contribution is 5.96. The molecule has 0 bridgehead atoms. The largest absolute Gasteiger partial charge is 0.475 e. The van der Waals surface area contributed by atoms with Gasteiger partial charge >= 0.3 is 0 Å². The van der Waals surface area contributed by atoms with Gasteiger partial charge in [-0.2, -0.15) is 0 Å². The summed E-state index contributed by atoms with van der Waals surface area (Å²) in [5.41, 5.74) is 5.93. The Kier molecular flexibility index (Phi) is 6.03. The fourth-order valence-corrected chi connectivity index (χ4v) is 1.26. The second kappa shape index (κ2) is 7.62. The van der Waals surface area contributed by atoms with Crippen molar-refractivity contribution in [2.45, 2.75) is 19.8 Å². The molecule has 1 aromatic heterocycles. The minimum atomic E-state index is -0.0417. The van der Waals surface area contributed by atoms with E-state index in [1.54, 1.807) is 18.3 Å². The molecule has 0 saturated heterocycles. The molecular weight excluding hydrogens is 218 g/mol. The maximum atomic E-state index is 7.37. The average Bonchev–Trinajstić information content (AvgIpc) is 2.34. The molecule has 0 saturated carbocycles. The Bertz CT molecular complexity index is 355. The molecule has 1 heterocycles. The number of nitrogens with one attached hydrogen (secondary N) is 1. The van der Waals surface area contributed by atoms with Gasteiger partial charge in [0.05, 0.1) is 12.2 Å².